The monoisotopic (exact) mass is 285 g/mol. The molecule has 3 heteroatoms. The van der Waals surface area contributed by atoms with Crippen molar-refractivity contribution in [3.05, 3.63) is 53.8 Å². The molecule has 0 saturated heterocycles. The molecule has 1 fully saturated rings. The molecule has 1 saturated carbocycles. The molecule has 1 aliphatic rings. The van der Waals surface area contributed by atoms with Crippen LogP contribution in [0.1, 0.15) is 31.4 Å². The average molecular weight is 285 g/mol. The molecular formula is C18H20FNO. The van der Waals surface area contributed by atoms with Crippen LogP contribution in [0.4, 0.5) is 4.39 Å². The van der Waals surface area contributed by atoms with Gasteiger partial charge in [-0.25, -0.2) is 4.39 Å². The number of rotatable bonds is 5. The van der Waals surface area contributed by atoms with E-state index in [1.54, 1.807) is 6.07 Å². The van der Waals surface area contributed by atoms with Crippen LogP contribution in [0.15, 0.2) is 42.5 Å². The third kappa shape index (κ3) is 3.24. The van der Waals surface area contributed by atoms with E-state index in [0.717, 1.165) is 35.3 Å². The highest BCUT2D eigenvalue weighted by Crippen LogP contribution is 2.33. The van der Waals surface area contributed by atoms with Crippen LogP contribution in [0.25, 0.3) is 11.1 Å². The van der Waals surface area contributed by atoms with Crippen LogP contribution < -0.4 is 10.1 Å². The van der Waals surface area contributed by atoms with Gasteiger partial charge in [0.1, 0.15) is 11.6 Å². The van der Waals surface area contributed by atoms with Crippen molar-refractivity contribution in [1.82, 2.24) is 5.32 Å². The molecule has 2 aromatic rings. The first kappa shape index (κ1) is 14.1. The maximum atomic E-state index is 13.7. The summed E-state index contributed by atoms with van der Waals surface area (Å²) in [6.45, 7) is 2.07. The quantitative estimate of drug-likeness (QED) is 0.883. The fourth-order valence-corrected chi connectivity index (χ4v) is 2.43. The molecule has 0 bridgehead atoms. The molecule has 0 amide bonds. The molecule has 1 atom stereocenters. The van der Waals surface area contributed by atoms with Crippen molar-refractivity contribution in [1.29, 1.82) is 0 Å². The first-order valence-corrected chi connectivity index (χ1v) is 7.41. The Kier molecular flexibility index (Phi) is 3.93. The molecule has 21 heavy (non-hydrogen) atoms. The lowest BCUT2D eigenvalue weighted by Gasteiger charge is -2.17. The van der Waals surface area contributed by atoms with E-state index in [9.17, 15) is 4.39 Å². The zero-order valence-corrected chi connectivity index (χ0v) is 12.4. The largest absolute Gasteiger partial charge is 0.490 e. The number of nitrogens with one attached hydrogen (secondary N) is 1. The van der Waals surface area contributed by atoms with Gasteiger partial charge >= 0.3 is 0 Å². The maximum Gasteiger partial charge on any atom is 0.123 e. The standard InChI is InChI=1S/C18H20FNO/c1-12(20-2)17-9-6-14(19)11-18(17)13-4-3-5-16(10-13)21-15-7-8-15/h3-6,9-12,15,20H,7-8H2,1-2H3. The molecule has 110 valence electrons. The predicted molar refractivity (Wildman–Crippen MR) is 83.0 cm³/mol. The molecule has 1 aliphatic carbocycles. The Hall–Kier alpha value is -1.87. The van der Waals surface area contributed by atoms with Crippen LogP contribution in [-0.2, 0) is 0 Å². The highest BCUT2D eigenvalue weighted by molar-refractivity contribution is 5.69. The Morgan fingerprint density at radius 2 is 2.00 bits per heavy atom. The average Bonchev–Trinajstić information content (AvgIpc) is 3.30. The lowest BCUT2D eigenvalue weighted by molar-refractivity contribution is 0.303. The molecule has 2 nitrogen and oxygen atoms in total. The predicted octanol–water partition coefficient (Wildman–Crippen LogP) is 4.31. The molecule has 0 heterocycles. The first-order valence-electron chi connectivity index (χ1n) is 7.41. The Labute approximate surface area is 125 Å². The van der Waals surface area contributed by atoms with Gasteiger partial charge in [-0.1, -0.05) is 18.2 Å². The first-order chi connectivity index (χ1) is 10.2. The Morgan fingerprint density at radius 3 is 2.71 bits per heavy atom. The molecular weight excluding hydrogens is 265 g/mol. The fourth-order valence-electron chi connectivity index (χ4n) is 2.43. The SMILES string of the molecule is CNC(C)c1ccc(F)cc1-c1cccc(OC2CC2)c1. The van der Waals surface area contributed by atoms with E-state index in [4.69, 9.17) is 4.74 Å². The van der Waals surface area contributed by atoms with Crippen molar-refractivity contribution < 1.29 is 9.13 Å². The van der Waals surface area contributed by atoms with Gasteiger partial charge in [-0.3, -0.25) is 0 Å². The van der Waals surface area contributed by atoms with Gasteiger partial charge in [0.25, 0.3) is 0 Å². The second-order valence-corrected chi connectivity index (χ2v) is 5.59. The molecule has 0 radical (unpaired) electrons. The van der Waals surface area contributed by atoms with E-state index in [0.29, 0.717) is 6.10 Å². The van der Waals surface area contributed by atoms with E-state index in [1.807, 2.05) is 37.4 Å². The van der Waals surface area contributed by atoms with Crippen LogP contribution in [0.2, 0.25) is 0 Å². The Morgan fingerprint density at radius 1 is 1.19 bits per heavy atom. The molecule has 1 unspecified atom stereocenters. The number of hydrogen-bond donors (Lipinski definition) is 1. The van der Waals surface area contributed by atoms with Crippen molar-refractivity contribution in [2.24, 2.45) is 0 Å². The summed E-state index contributed by atoms with van der Waals surface area (Å²) >= 11 is 0. The highest BCUT2D eigenvalue weighted by Gasteiger charge is 2.23. The van der Waals surface area contributed by atoms with Gasteiger partial charge in [0.2, 0.25) is 0 Å². The zero-order chi connectivity index (χ0) is 14.8. The lowest BCUT2D eigenvalue weighted by atomic mass is 9.95. The summed E-state index contributed by atoms with van der Waals surface area (Å²) < 4.78 is 19.5. The van der Waals surface area contributed by atoms with Crippen molar-refractivity contribution >= 4 is 0 Å². The fraction of sp³-hybridized carbons (Fsp3) is 0.333. The van der Waals surface area contributed by atoms with Gasteiger partial charge in [0.05, 0.1) is 6.10 Å². The van der Waals surface area contributed by atoms with Gasteiger partial charge in [-0.05, 0) is 67.8 Å². The molecule has 0 spiro atoms. The molecule has 0 aromatic heterocycles. The van der Waals surface area contributed by atoms with Gasteiger partial charge in [0, 0.05) is 6.04 Å². The summed E-state index contributed by atoms with van der Waals surface area (Å²) in [4.78, 5) is 0. The van der Waals surface area contributed by atoms with E-state index >= 15 is 0 Å². The van der Waals surface area contributed by atoms with Gasteiger partial charge < -0.3 is 10.1 Å². The summed E-state index contributed by atoms with van der Waals surface area (Å²) in [6, 6.07) is 13.0. The van der Waals surface area contributed by atoms with E-state index in [-0.39, 0.29) is 11.9 Å². The number of halogens is 1. The molecule has 2 aromatic carbocycles. The van der Waals surface area contributed by atoms with E-state index in [1.165, 1.54) is 6.07 Å². The summed E-state index contributed by atoms with van der Waals surface area (Å²) in [6.07, 6.45) is 2.63. The topological polar surface area (TPSA) is 21.3 Å². The zero-order valence-electron chi connectivity index (χ0n) is 12.4. The summed E-state index contributed by atoms with van der Waals surface area (Å²) in [5.74, 6) is 0.646. The molecule has 3 rings (SSSR count). The third-order valence-electron chi connectivity index (χ3n) is 3.89. The van der Waals surface area contributed by atoms with Gasteiger partial charge in [-0.2, -0.15) is 0 Å². The lowest BCUT2D eigenvalue weighted by Crippen LogP contribution is -2.13. The third-order valence-corrected chi connectivity index (χ3v) is 3.89. The maximum absolute atomic E-state index is 13.7. The smallest absolute Gasteiger partial charge is 0.123 e. The van der Waals surface area contributed by atoms with Gasteiger partial charge in [0.15, 0.2) is 0 Å². The van der Waals surface area contributed by atoms with E-state index < -0.39 is 0 Å². The second-order valence-electron chi connectivity index (χ2n) is 5.59. The minimum Gasteiger partial charge on any atom is -0.490 e. The second kappa shape index (κ2) is 5.86. The van der Waals surface area contributed by atoms with Crippen molar-refractivity contribution in [3.63, 3.8) is 0 Å². The number of benzene rings is 2. The van der Waals surface area contributed by atoms with E-state index in [2.05, 4.69) is 12.2 Å². The van der Waals surface area contributed by atoms with Crippen molar-refractivity contribution in [2.45, 2.75) is 31.9 Å². The van der Waals surface area contributed by atoms with Crippen LogP contribution in [0.3, 0.4) is 0 Å². The Bertz CT molecular complexity index is 637. The van der Waals surface area contributed by atoms with Gasteiger partial charge in [-0.15, -0.1) is 0 Å². The number of ether oxygens (including phenoxy) is 1. The highest BCUT2D eigenvalue weighted by atomic mass is 19.1. The van der Waals surface area contributed by atoms with Crippen LogP contribution >= 0.6 is 0 Å². The van der Waals surface area contributed by atoms with Crippen molar-refractivity contribution in [3.8, 4) is 16.9 Å². The summed E-state index contributed by atoms with van der Waals surface area (Å²) in [5.41, 5.74) is 2.99. The minimum absolute atomic E-state index is 0.161. The van der Waals surface area contributed by atoms with Crippen molar-refractivity contribution in [2.75, 3.05) is 7.05 Å². The summed E-state index contributed by atoms with van der Waals surface area (Å²) in [5, 5.41) is 3.21. The molecule has 0 aliphatic heterocycles. The number of hydrogen-bond acceptors (Lipinski definition) is 2. The normalized spacial score (nSPS) is 15.8. The summed E-state index contributed by atoms with van der Waals surface area (Å²) in [7, 11) is 1.91. The van der Waals surface area contributed by atoms with Crippen LogP contribution in [0, 0.1) is 5.82 Å². The Balaban J connectivity index is 1.99. The van der Waals surface area contributed by atoms with Crippen LogP contribution in [0.5, 0.6) is 5.75 Å². The minimum atomic E-state index is -0.217. The molecule has 1 N–H and O–H groups in total. The van der Waals surface area contributed by atoms with Crippen LogP contribution in [-0.4, -0.2) is 13.2 Å².